The summed E-state index contributed by atoms with van der Waals surface area (Å²) in [6, 6.07) is 8.32. The lowest BCUT2D eigenvalue weighted by Gasteiger charge is -2.46. The molecule has 1 amide bonds. The van der Waals surface area contributed by atoms with E-state index in [1.54, 1.807) is 6.92 Å². The number of β-lactam (4-membered cyclic amide) rings is 1. The van der Waals surface area contributed by atoms with Crippen LogP contribution < -0.4 is 0 Å². The fourth-order valence-electron chi connectivity index (χ4n) is 2.33. The predicted molar refractivity (Wildman–Crippen MR) is 60.6 cm³/mol. The number of hydrogen-bond donors (Lipinski definition) is 0. The van der Waals surface area contributed by atoms with E-state index in [0.29, 0.717) is 6.42 Å². The number of nitrogens with zero attached hydrogens (tertiary/aromatic N) is 1. The van der Waals surface area contributed by atoms with Crippen LogP contribution in [0, 0.1) is 5.92 Å². The lowest BCUT2D eigenvalue weighted by atomic mass is 9.85. The number of carbonyl (C=O) groups is 1. The van der Waals surface area contributed by atoms with Crippen molar-refractivity contribution in [1.82, 2.24) is 4.90 Å². The molecule has 0 unspecified atom stereocenters. The Hall–Kier alpha value is -1.45. The quantitative estimate of drug-likeness (QED) is 0.740. The van der Waals surface area contributed by atoms with Crippen LogP contribution in [0.15, 0.2) is 30.3 Å². The van der Waals surface area contributed by atoms with Crippen molar-refractivity contribution in [3.05, 3.63) is 35.9 Å². The molecule has 92 valence electrons. The highest BCUT2D eigenvalue weighted by molar-refractivity contribution is 5.86. The molecule has 0 N–H and O–H groups in total. The molecule has 1 saturated heterocycles. The highest BCUT2D eigenvalue weighted by Crippen LogP contribution is 2.34. The van der Waals surface area contributed by atoms with Gasteiger partial charge in [0.25, 0.3) is 6.43 Å². The summed E-state index contributed by atoms with van der Waals surface area (Å²) in [5.41, 5.74) is 0.890. The summed E-state index contributed by atoms with van der Waals surface area (Å²) in [6.07, 6.45) is -1.97. The SMILES string of the molecule is CC[C@@H]1C(=O)N(Cc2ccccc2)[C@@H]1C(F)F. The minimum Gasteiger partial charge on any atom is -0.329 e. The zero-order chi connectivity index (χ0) is 12.4. The van der Waals surface area contributed by atoms with Gasteiger partial charge in [0, 0.05) is 6.54 Å². The van der Waals surface area contributed by atoms with Gasteiger partial charge in [-0.15, -0.1) is 0 Å². The number of halogens is 2. The second-order valence-electron chi connectivity index (χ2n) is 4.29. The standard InChI is InChI=1S/C13H15F2NO/c1-2-10-11(12(14)15)16(13(10)17)8-9-6-4-3-5-7-9/h3-7,10-12H,2,8H2,1H3/t10-,11-/m0/s1. The number of amides is 1. The summed E-state index contributed by atoms with van der Waals surface area (Å²) in [7, 11) is 0. The van der Waals surface area contributed by atoms with Crippen LogP contribution in [0.1, 0.15) is 18.9 Å². The maximum absolute atomic E-state index is 12.8. The van der Waals surface area contributed by atoms with Gasteiger partial charge in [0.05, 0.1) is 5.92 Å². The molecular weight excluding hydrogens is 224 g/mol. The molecule has 0 aromatic heterocycles. The van der Waals surface area contributed by atoms with Crippen LogP contribution in [0.5, 0.6) is 0 Å². The Morgan fingerprint density at radius 2 is 1.94 bits per heavy atom. The first kappa shape index (κ1) is 12.0. The van der Waals surface area contributed by atoms with E-state index < -0.39 is 18.4 Å². The Morgan fingerprint density at radius 1 is 1.29 bits per heavy atom. The summed E-state index contributed by atoms with van der Waals surface area (Å²) in [5, 5.41) is 0. The second-order valence-corrected chi connectivity index (χ2v) is 4.29. The second kappa shape index (κ2) is 4.82. The smallest absolute Gasteiger partial charge is 0.259 e. The Bertz CT molecular complexity index is 394. The Labute approximate surface area is 99.2 Å². The molecule has 4 heteroatoms. The predicted octanol–water partition coefficient (Wildman–Crippen LogP) is 2.69. The van der Waals surface area contributed by atoms with Crippen molar-refractivity contribution < 1.29 is 13.6 Å². The lowest BCUT2D eigenvalue weighted by Crippen LogP contribution is -2.63. The third-order valence-corrected chi connectivity index (χ3v) is 3.27. The molecule has 1 aliphatic heterocycles. The normalized spacial score (nSPS) is 24.0. The van der Waals surface area contributed by atoms with Gasteiger partial charge in [0.1, 0.15) is 6.04 Å². The van der Waals surface area contributed by atoms with Crippen LogP contribution in [0.4, 0.5) is 8.78 Å². The van der Waals surface area contributed by atoms with Crippen molar-refractivity contribution in [3.8, 4) is 0 Å². The number of likely N-dealkylation sites (tertiary alicyclic amines) is 1. The van der Waals surface area contributed by atoms with Crippen molar-refractivity contribution in [2.45, 2.75) is 32.4 Å². The maximum Gasteiger partial charge on any atom is 0.259 e. The summed E-state index contributed by atoms with van der Waals surface area (Å²) in [6.45, 7) is 2.06. The first-order chi connectivity index (χ1) is 8.15. The molecule has 0 radical (unpaired) electrons. The average Bonchev–Trinajstić information content (AvgIpc) is 2.33. The molecule has 2 nitrogen and oxygen atoms in total. The van der Waals surface area contributed by atoms with Crippen LogP contribution >= 0.6 is 0 Å². The van der Waals surface area contributed by atoms with E-state index in [4.69, 9.17) is 0 Å². The third-order valence-electron chi connectivity index (χ3n) is 3.27. The molecule has 17 heavy (non-hydrogen) atoms. The van der Waals surface area contributed by atoms with E-state index in [9.17, 15) is 13.6 Å². The fourth-order valence-corrected chi connectivity index (χ4v) is 2.33. The minimum atomic E-state index is -2.46. The van der Waals surface area contributed by atoms with E-state index in [1.165, 1.54) is 4.90 Å². The van der Waals surface area contributed by atoms with Crippen molar-refractivity contribution in [1.29, 1.82) is 0 Å². The molecule has 1 aromatic carbocycles. The minimum absolute atomic E-state index is 0.151. The van der Waals surface area contributed by atoms with Crippen molar-refractivity contribution in [2.24, 2.45) is 5.92 Å². The lowest BCUT2D eigenvalue weighted by molar-refractivity contribution is -0.169. The van der Waals surface area contributed by atoms with Crippen molar-refractivity contribution >= 4 is 5.91 Å². The summed E-state index contributed by atoms with van der Waals surface area (Å²) < 4.78 is 25.7. The van der Waals surface area contributed by atoms with Gasteiger partial charge in [-0.25, -0.2) is 8.78 Å². The molecular formula is C13H15F2NO. The number of benzene rings is 1. The molecule has 2 atom stereocenters. The van der Waals surface area contributed by atoms with E-state index in [2.05, 4.69) is 0 Å². The average molecular weight is 239 g/mol. The van der Waals surface area contributed by atoms with Crippen LogP contribution in [-0.2, 0) is 11.3 Å². The number of rotatable bonds is 4. The zero-order valence-corrected chi connectivity index (χ0v) is 9.64. The van der Waals surface area contributed by atoms with Gasteiger partial charge < -0.3 is 4.90 Å². The molecule has 0 bridgehead atoms. The van der Waals surface area contributed by atoms with Crippen LogP contribution in [0.2, 0.25) is 0 Å². The Kier molecular flexibility index (Phi) is 3.41. The number of hydrogen-bond acceptors (Lipinski definition) is 1. The van der Waals surface area contributed by atoms with E-state index in [1.807, 2.05) is 30.3 Å². The van der Waals surface area contributed by atoms with E-state index in [-0.39, 0.29) is 12.5 Å². The van der Waals surface area contributed by atoms with Crippen LogP contribution in [-0.4, -0.2) is 23.3 Å². The molecule has 1 fully saturated rings. The van der Waals surface area contributed by atoms with Crippen LogP contribution in [0.3, 0.4) is 0 Å². The maximum atomic E-state index is 12.8. The molecule has 1 aromatic rings. The van der Waals surface area contributed by atoms with Gasteiger partial charge in [-0.1, -0.05) is 37.3 Å². The van der Waals surface area contributed by atoms with Gasteiger partial charge >= 0.3 is 0 Å². The summed E-state index contributed by atoms with van der Waals surface area (Å²) in [5.74, 6) is -0.652. The summed E-state index contributed by atoms with van der Waals surface area (Å²) >= 11 is 0. The molecule has 1 heterocycles. The van der Waals surface area contributed by atoms with E-state index in [0.717, 1.165) is 5.56 Å². The van der Waals surface area contributed by atoms with Crippen molar-refractivity contribution in [2.75, 3.05) is 0 Å². The van der Waals surface area contributed by atoms with Gasteiger partial charge in [0.2, 0.25) is 5.91 Å². The third kappa shape index (κ3) is 2.16. The van der Waals surface area contributed by atoms with Crippen LogP contribution in [0.25, 0.3) is 0 Å². The molecule has 2 rings (SSSR count). The van der Waals surface area contributed by atoms with Gasteiger partial charge in [-0.3, -0.25) is 4.79 Å². The highest BCUT2D eigenvalue weighted by Gasteiger charge is 2.50. The monoisotopic (exact) mass is 239 g/mol. The van der Waals surface area contributed by atoms with Crippen molar-refractivity contribution in [3.63, 3.8) is 0 Å². The topological polar surface area (TPSA) is 20.3 Å². The number of alkyl halides is 2. The number of carbonyl (C=O) groups excluding carboxylic acids is 1. The summed E-state index contributed by atoms with van der Waals surface area (Å²) in [4.78, 5) is 13.0. The van der Waals surface area contributed by atoms with Gasteiger partial charge in [0.15, 0.2) is 0 Å². The van der Waals surface area contributed by atoms with E-state index >= 15 is 0 Å². The fraction of sp³-hybridized carbons (Fsp3) is 0.462. The Morgan fingerprint density at radius 3 is 2.47 bits per heavy atom. The molecule has 0 spiro atoms. The molecule has 0 aliphatic carbocycles. The molecule has 0 saturated carbocycles. The largest absolute Gasteiger partial charge is 0.329 e. The molecule has 1 aliphatic rings. The Balaban J connectivity index is 2.08. The first-order valence-electron chi connectivity index (χ1n) is 5.77. The zero-order valence-electron chi connectivity index (χ0n) is 9.64. The first-order valence-corrected chi connectivity index (χ1v) is 5.77. The van der Waals surface area contributed by atoms with Gasteiger partial charge in [-0.2, -0.15) is 0 Å². The van der Waals surface area contributed by atoms with Gasteiger partial charge in [-0.05, 0) is 12.0 Å². The highest BCUT2D eigenvalue weighted by atomic mass is 19.3.